The van der Waals surface area contributed by atoms with Crippen LogP contribution < -0.4 is 15.6 Å². The molecule has 0 saturated carbocycles. The molecule has 0 amide bonds. The molecule has 1 aromatic heterocycles. The minimum atomic E-state index is -4.55. The second-order valence-corrected chi connectivity index (χ2v) is 11.9. The zero-order chi connectivity index (χ0) is 33.8. The normalized spacial score (nSPS) is 23.3. The van der Waals surface area contributed by atoms with Gasteiger partial charge < -0.3 is 34.4 Å². The van der Waals surface area contributed by atoms with E-state index in [1.807, 2.05) is 0 Å². The Balaban J connectivity index is 1.47. The van der Waals surface area contributed by atoms with Gasteiger partial charge in [-0.2, -0.15) is 8.78 Å². The number of methoxy groups -OCH3 is 1. The van der Waals surface area contributed by atoms with E-state index in [0.29, 0.717) is 11.3 Å². The topological polar surface area (TPSA) is 210 Å². The number of benzene rings is 1. The number of alkyl halides is 2. The first-order valence-electron chi connectivity index (χ1n) is 13.6. The lowest BCUT2D eigenvalue weighted by Gasteiger charge is -2.31. The number of nitrogens with two attached hydrogens (primary N) is 1. The molecule has 0 radical (unpaired) electrons. The molecule has 46 heavy (non-hydrogen) atoms. The molecule has 2 aliphatic rings. The average molecular weight is 672 g/mol. The Morgan fingerprint density at radius 3 is 2.59 bits per heavy atom. The lowest BCUT2D eigenvalue weighted by atomic mass is 10.1. The number of nitro groups is 1. The van der Waals surface area contributed by atoms with Crippen molar-refractivity contribution in [3.8, 4) is 5.75 Å². The van der Waals surface area contributed by atoms with Gasteiger partial charge in [0.2, 0.25) is 6.23 Å². The molecule has 2 aliphatic heterocycles. The molecule has 0 bridgehead atoms. The monoisotopic (exact) mass is 671 g/mol. The van der Waals surface area contributed by atoms with Gasteiger partial charge in [-0.25, -0.2) is 14.6 Å². The maximum Gasteiger partial charge on any atom is 0.433 e. The van der Waals surface area contributed by atoms with E-state index >= 15 is 8.78 Å². The minimum absolute atomic E-state index is 0.0232. The van der Waals surface area contributed by atoms with Crippen LogP contribution >= 0.6 is 7.75 Å². The maximum atomic E-state index is 15.1. The van der Waals surface area contributed by atoms with E-state index in [-0.39, 0.29) is 24.0 Å². The van der Waals surface area contributed by atoms with Crippen LogP contribution in [0.15, 0.2) is 70.5 Å². The number of amidine groups is 1. The highest BCUT2D eigenvalue weighted by Crippen LogP contribution is 2.48. The van der Waals surface area contributed by atoms with E-state index in [1.165, 1.54) is 39.3 Å². The molecule has 4 N–H and O–H groups in total. The molecular weight excluding hydrogens is 639 g/mol. The van der Waals surface area contributed by atoms with Crippen LogP contribution in [0.4, 0.5) is 14.7 Å². The smallest absolute Gasteiger partial charge is 0.433 e. The lowest BCUT2D eigenvalue weighted by Crippen LogP contribution is -2.47. The summed E-state index contributed by atoms with van der Waals surface area (Å²) in [7, 11) is -3.07. The highest BCUT2D eigenvalue weighted by molar-refractivity contribution is 7.51. The van der Waals surface area contributed by atoms with Crippen molar-refractivity contribution in [2.24, 2.45) is 10.7 Å². The highest BCUT2D eigenvalue weighted by atomic mass is 31.2. The van der Waals surface area contributed by atoms with Crippen molar-refractivity contribution in [3.63, 3.8) is 0 Å². The van der Waals surface area contributed by atoms with Crippen molar-refractivity contribution in [2.45, 2.75) is 57.0 Å². The van der Waals surface area contributed by atoms with Gasteiger partial charge in [0.05, 0.1) is 26.4 Å². The van der Waals surface area contributed by atoms with Crippen LogP contribution in [0.1, 0.15) is 31.3 Å². The summed E-state index contributed by atoms with van der Waals surface area (Å²) in [5, 5.41) is 23.7. The summed E-state index contributed by atoms with van der Waals surface area (Å²) in [5.41, 5.74) is 6.08. The second kappa shape index (κ2) is 14.1. The second-order valence-electron chi connectivity index (χ2n) is 10.1. The molecule has 2 unspecified atom stereocenters. The molecule has 3 heterocycles. The third-order valence-electron chi connectivity index (χ3n) is 6.75. The Labute approximate surface area is 261 Å². The maximum absolute atomic E-state index is 15.1. The Morgan fingerprint density at radius 1 is 1.28 bits per heavy atom. The Kier molecular flexibility index (Phi) is 10.6. The Hall–Kier alpha value is -4.19. The van der Waals surface area contributed by atoms with Gasteiger partial charge in [0.25, 0.3) is 0 Å². The molecule has 250 valence electrons. The zero-order valence-electron chi connectivity index (χ0n) is 24.8. The number of hydrogen-bond donors (Lipinski definition) is 3. The molecular formula is C27H32F2N5O11P. The van der Waals surface area contributed by atoms with Crippen LogP contribution in [-0.4, -0.2) is 70.9 Å². The van der Waals surface area contributed by atoms with Gasteiger partial charge in [0.15, 0.2) is 18.0 Å². The Morgan fingerprint density at radius 2 is 1.98 bits per heavy atom. The van der Waals surface area contributed by atoms with Gasteiger partial charge >= 0.3 is 25.5 Å². The number of aliphatic hydroxyl groups excluding tert-OH is 1. The molecule has 19 heteroatoms. The first-order chi connectivity index (χ1) is 21.6. The van der Waals surface area contributed by atoms with Crippen molar-refractivity contribution in [2.75, 3.05) is 13.7 Å². The van der Waals surface area contributed by atoms with Crippen molar-refractivity contribution >= 4 is 25.4 Å². The summed E-state index contributed by atoms with van der Waals surface area (Å²) in [5.74, 6) is -5.03. The quantitative estimate of drug-likeness (QED) is 0.114. The van der Waals surface area contributed by atoms with Gasteiger partial charge in [-0.05, 0) is 43.7 Å². The van der Waals surface area contributed by atoms with Crippen LogP contribution in [-0.2, 0) is 34.5 Å². The standard InChI is InChI=1S/C27H32F2N5O11P/c1-15(25(36)43-16(2)20-9-10-23(44-20)34(37)38)32-46(39,41-13-18-5-7-19(40-4)8-6-18)42-14-21-24(35)27(28,29)26(45-21)33-12-11-22(30)31-17(33)3/h5-12,15-16,21,24,26,35H,3,13-14H2,1-2,4H3,(H2,30,31)(H,32,39)/t15-,16?,21+,24-,26+,46?/m0/s1. The first kappa shape index (κ1) is 34.7. The summed E-state index contributed by atoms with van der Waals surface area (Å²) >= 11 is 0. The number of carbonyl (C=O) groups excluding carboxylic acids is 1. The van der Waals surface area contributed by atoms with Gasteiger partial charge in [-0.15, -0.1) is 0 Å². The number of rotatable bonds is 14. The fourth-order valence-corrected chi connectivity index (χ4v) is 5.72. The van der Waals surface area contributed by atoms with E-state index in [4.69, 9.17) is 33.4 Å². The highest BCUT2D eigenvalue weighted by Gasteiger charge is 2.61. The summed E-state index contributed by atoms with van der Waals surface area (Å²) in [6.45, 7) is 5.03. The molecule has 6 atom stereocenters. The number of esters is 1. The SMILES string of the molecule is C=C1N=C(N)C=CN1[C@@H]1O[C@H](COP(=O)(N[C@@H](C)C(=O)OC(C)c2ccc([N+](=O)[O-])o2)OCc2ccc(OC)cc2)[C@H](O)C1(F)F. The molecule has 4 rings (SSSR count). The summed E-state index contributed by atoms with van der Waals surface area (Å²) in [6, 6.07) is 7.40. The minimum Gasteiger partial charge on any atom is -0.497 e. The number of hydrogen-bond acceptors (Lipinski definition) is 14. The number of ether oxygens (including phenoxy) is 3. The van der Waals surface area contributed by atoms with Crippen LogP contribution in [0, 0.1) is 10.1 Å². The van der Waals surface area contributed by atoms with Crippen LogP contribution in [0.5, 0.6) is 5.75 Å². The fraction of sp³-hybridized carbons (Fsp3) is 0.407. The fourth-order valence-electron chi connectivity index (χ4n) is 4.25. The number of nitrogens with zero attached hydrogens (tertiary/aromatic N) is 3. The third-order valence-corrected chi connectivity index (χ3v) is 8.42. The molecule has 1 aromatic carbocycles. The van der Waals surface area contributed by atoms with Crippen molar-refractivity contribution in [1.82, 2.24) is 9.99 Å². The number of halogens is 2. The van der Waals surface area contributed by atoms with Crippen LogP contribution in [0.2, 0.25) is 0 Å². The molecule has 0 aliphatic carbocycles. The molecule has 0 spiro atoms. The van der Waals surface area contributed by atoms with Gasteiger partial charge in [0.1, 0.15) is 34.5 Å². The van der Waals surface area contributed by atoms with Crippen molar-refractivity contribution in [3.05, 3.63) is 82.5 Å². The third kappa shape index (κ3) is 7.96. The Bertz CT molecular complexity index is 1550. The predicted molar refractivity (Wildman–Crippen MR) is 155 cm³/mol. The van der Waals surface area contributed by atoms with E-state index in [1.54, 1.807) is 24.3 Å². The molecule has 1 fully saturated rings. The van der Waals surface area contributed by atoms with Gasteiger partial charge in [-0.1, -0.05) is 18.7 Å². The number of aliphatic hydroxyl groups is 1. The van der Waals surface area contributed by atoms with E-state index in [2.05, 4.69) is 16.7 Å². The average Bonchev–Trinajstić information content (AvgIpc) is 3.59. The first-order valence-corrected chi connectivity index (χ1v) is 15.1. The van der Waals surface area contributed by atoms with E-state index < -0.39 is 67.6 Å². The molecule has 2 aromatic rings. The van der Waals surface area contributed by atoms with Gasteiger partial charge in [0, 0.05) is 6.20 Å². The lowest BCUT2D eigenvalue weighted by molar-refractivity contribution is -0.402. The molecule has 16 nitrogen and oxygen atoms in total. The van der Waals surface area contributed by atoms with Crippen molar-refractivity contribution < 1.29 is 55.8 Å². The predicted octanol–water partition coefficient (Wildman–Crippen LogP) is 3.50. The number of nitrogens with one attached hydrogen (secondary N) is 1. The van der Waals surface area contributed by atoms with Crippen LogP contribution in [0.25, 0.3) is 0 Å². The number of carbonyl (C=O) groups is 1. The van der Waals surface area contributed by atoms with Gasteiger partial charge in [-0.3, -0.25) is 24.0 Å². The summed E-state index contributed by atoms with van der Waals surface area (Å²) in [4.78, 5) is 27.7. The molecule has 1 saturated heterocycles. The zero-order valence-corrected chi connectivity index (χ0v) is 25.7. The summed E-state index contributed by atoms with van der Waals surface area (Å²) < 4.78 is 75.9. The number of furan rings is 1. The van der Waals surface area contributed by atoms with Crippen LogP contribution in [0.3, 0.4) is 0 Å². The van der Waals surface area contributed by atoms with Crippen molar-refractivity contribution in [1.29, 1.82) is 0 Å². The van der Waals surface area contributed by atoms with E-state index in [0.717, 1.165) is 11.0 Å². The largest absolute Gasteiger partial charge is 0.497 e. The number of aliphatic imine (C=N–C) groups is 1. The summed E-state index contributed by atoms with van der Waals surface area (Å²) in [6.07, 6.45) is -4.87. The van der Waals surface area contributed by atoms with E-state index in [9.17, 15) is 24.6 Å².